The third kappa shape index (κ3) is 3.24. The molecule has 0 radical (unpaired) electrons. The van der Waals surface area contributed by atoms with Crippen LogP contribution < -0.4 is 4.90 Å². The first-order valence-corrected chi connectivity index (χ1v) is 12.2. The molecular formula is C27H21F3N6O2. The van der Waals surface area contributed by atoms with Gasteiger partial charge in [-0.15, -0.1) is 0 Å². The SMILES string of the molecule is Cc1cc(F)cc2c(-c3c(F)cc(F)c4nn(C)cc34)nn(-c3ccc(N4C[C@@H]5C(C(=O)O)[C@@H]5C4)nc3)c12. The molecule has 3 aromatic heterocycles. The Morgan fingerprint density at radius 1 is 1.03 bits per heavy atom. The van der Waals surface area contributed by atoms with E-state index in [-0.39, 0.29) is 39.9 Å². The molecule has 1 aliphatic heterocycles. The Kier molecular flexibility index (Phi) is 4.67. The highest BCUT2D eigenvalue weighted by molar-refractivity contribution is 6.04. The van der Waals surface area contributed by atoms with E-state index in [2.05, 4.69) is 20.1 Å². The van der Waals surface area contributed by atoms with Crippen LogP contribution in [0.15, 0.2) is 42.7 Å². The van der Waals surface area contributed by atoms with E-state index in [1.165, 1.54) is 23.0 Å². The van der Waals surface area contributed by atoms with Gasteiger partial charge in [0.1, 0.15) is 28.7 Å². The highest BCUT2D eigenvalue weighted by Crippen LogP contribution is 2.52. The molecule has 7 rings (SSSR count). The Morgan fingerprint density at radius 2 is 1.79 bits per heavy atom. The monoisotopic (exact) mass is 518 g/mol. The van der Waals surface area contributed by atoms with Gasteiger partial charge in [-0.3, -0.25) is 9.48 Å². The third-order valence-corrected chi connectivity index (χ3v) is 7.77. The van der Waals surface area contributed by atoms with Crippen LogP contribution in [-0.2, 0) is 11.8 Å². The standard InChI is InChI=1S/C27H21F3N6O2/c1-12-5-13(28)6-15-25(23-18-9-34(2)32-24(18)20(30)7-19(23)29)33-36(26(12)15)14-3-4-21(31-8-14)35-10-16-17(11-35)22(16)27(37)38/h3-9,16-17,22H,10-11H2,1-2H3,(H,37,38)/t16-,17+,22?. The summed E-state index contributed by atoms with van der Waals surface area (Å²) in [6.45, 7) is 3.03. The molecule has 8 nitrogen and oxygen atoms in total. The number of benzene rings is 2. The molecule has 0 amide bonds. The Bertz CT molecular complexity index is 1780. The number of carboxylic acids is 1. The van der Waals surface area contributed by atoms with E-state index in [0.29, 0.717) is 35.2 Å². The zero-order valence-electron chi connectivity index (χ0n) is 20.4. The van der Waals surface area contributed by atoms with Gasteiger partial charge in [0.05, 0.1) is 23.3 Å². The number of hydrogen-bond donors (Lipinski definition) is 1. The summed E-state index contributed by atoms with van der Waals surface area (Å²) in [6, 6.07) is 7.10. The summed E-state index contributed by atoms with van der Waals surface area (Å²) in [5, 5.41) is 18.7. The first-order chi connectivity index (χ1) is 18.2. The Balaban J connectivity index is 1.34. The first kappa shape index (κ1) is 22.8. The van der Waals surface area contributed by atoms with Gasteiger partial charge < -0.3 is 10.0 Å². The lowest BCUT2D eigenvalue weighted by atomic mass is 10.0. The van der Waals surface area contributed by atoms with Crippen LogP contribution >= 0.6 is 0 Å². The Hall–Kier alpha value is -4.41. The quantitative estimate of drug-likeness (QED) is 0.378. The van der Waals surface area contributed by atoms with Crippen LogP contribution in [0.3, 0.4) is 0 Å². The predicted octanol–water partition coefficient (Wildman–Crippen LogP) is 4.47. The van der Waals surface area contributed by atoms with Crippen molar-refractivity contribution < 1.29 is 23.1 Å². The van der Waals surface area contributed by atoms with Gasteiger partial charge in [-0.05, 0) is 48.6 Å². The fourth-order valence-corrected chi connectivity index (χ4v) is 6.01. The minimum absolute atomic E-state index is 0.000423. The molecule has 2 aromatic carbocycles. The van der Waals surface area contributed by atoms with Crippen molar-refractivity contribution in [2.75, 3.05) is 18.0 Å². The molecule has 4 heterocycles. The number of carbonyl (C=O) groups is 1. The molecule has 5 aromatic rings. The van der Waals surface area contributed by atoms with Crippen molar-refractivity contribution in [2.24, 2.45) is 24.8 Å². The first-order valence-electron chi connectivity index (χ1n) is 12.2. The average molecular weight is 518 g/mol. The van der Waals surface area contributed by atoms with E-state index in [9.17, 15) is 18.7 Å². The summed E-state index contributed by atoms with van der Waals surface area (Å²) < 4.78 is 47.3. The average Bonchev–Trinajstić information content (AvgIpc) is 3.19. The van der Waals surface area contributed by atoms with E-state index in [1.54, 1.807) is 24.9 Å². The molecule has 1 saturated heterocycles. The van der Waals surface area contributed by atoms with Crippen LogP contribution in [0, 0.1) is 42.1 Å². The highest BCUT2D eigenvalue weighted by Gasteiger charge is 2.60. The summed E-state index contributed by atoms with van der Waals surface area (Å²) in [6.07, 6.45) is 3.15. The van der Waals surface area contributed by atoms with Crippen LogP contribution in [0.2, 0.25) is 0 Å². The fourth-order valence-electron chi connectivity index (χ4n) is 6.01. The van der Waals surface area contributed by atoms with Gasteiger partial charge >= 0.3 is 5.97 Å². The Labute approximate surface area is 213 Å². The zero-order chi connectivity index (χ0) is 26.5. The van der Waals surface area contributed by atoms with Gasteiger partial charge in [-0.2, -0.15) is 10.2 Å². The molecule has 11 heteroatoms. The molecule has 0 spiro atoms. The number of piperidine rings is 1. The minimum atomic E-state index is -0.822. The number of aromatic nitrogens is 5. The molecule has 1 aliphatic carbocycles. The lowest BCUT2D eigenvalue weighted by molar-refractivity contribution is -0.139. The molecular weight excluding hydrogens is 497 g/mol. The normalized spacial score (nSPS) is 20.4. The van der Waals surface area contributed by atoms with Crippen molar-refractivity contribution in [2.45, 2.75) is 6.92 Å². The number of anilines is 1. The zero-order valence-corrected chi connectivity index (χ0v) is 20.4. The van der Waals surface area contributed by atoms with Gasteiger partial charge in [0.15, 0.2) is 5.82 Å². The number of rotatable bonds is 4. The summed E-state index contributed by atoms with van der Waals surface area (Å²) in [7, 11) is 1.61. The second-order valence-corrected chi connectivity index (χ2v) is 10.1. The van der Waals surface area contributed by atoms with Crippen LogP contribution in [0.4, 0.5) is 19.0 Å². The maximum atomic E-state index is 15.3. The summed E-state index contributed by atoms with van der Waals surface area (Å²) in [5.41, 5.74) is 1.95. The molecule has 192 valence electrons. The maximum Gasteiger partial charge on any atom is 0.307 e. The lowest BCUT2D eigenvalue weighted by Crippen LogP contribution is -2.26. The smallest absolute Gasteiger partial charge is 0.307 e. The van der Waals surface area contributed by atoms with Gasteiger partial charge in [0.25, 0.3) is 0 Å². The van der Waals surface area contributed by atoms with Crippen molar-refractivity contribution in [3.8, 4) is 16.9 Å². The van der Waals surface area contributed by atoms with Crippen LogP contribution in [0.1, 0.15) is 5.56 Å². The summed E-state index contributed by atoms with van der Waals surface area (Å²) in [4.78, 5) is 17.9. The van der Waals surface area contributed by atoms with Crippen molar-refractivity contribution >= 4 is 33.6 Å². The second-order valence-electron chi connectivity index (χ2n) is 10.1. The number of pyridine rings is 1. The number of halogens is 3. The summed E-state index contributed by atoms with van der Waals surface area (Å²) >= 11 is 0. The third-order valence-electron chi connectivity index (χ3n) is 7.77. The van der Waals surface area contributed by atoms with Crippen molar-refractivity contribution in [1.29, 1.82) is 0 Å². The highest BCUT2D eigenvalue weighted by atomic mass is 19.1. The van der Waals surface area contributed by atoms with Gasteiger partial charge in [0.2, 0.25) is 0 Å². The fraction of sp³-hybridized carbons (Fsp3) is 0.259. The summed E-state index contributed by atoms with van der Waals surface area (Å²) in [5.74, 6) is -2.08. The maximum absolute atomic E-state index is 15.3. The topological polar surface area (TPSA) is 89.1 Å². The molecule has 2 aliphatic rings. The van der Waals surface area contributed by atoms with Crippen molar-refractivity contribution in [3.63, 3.8) is 0 Å². The van der Waals surface area contributed by atoms with Crippen LogP contribution in [0.25, 0.3) is 38.8 Å². The Morgan fingerprint density at radius 3 is 2.47 bits per heavy atom. The minimum Gasteiger partial charge on any atom is -0.481 e. The predicted molar refractivity (Wildman–Crippen MR) is 134 cm³/mol. The van der Waals surface area contributed by atoms with E-state index in [0.717, 1.165) is 11.9 Å². The van der Waals surface area contributed by atoms with Gasteiger partial charge in [-0.25, -0.2) is 22.8 Å². The number of aliphatic carboxylic acids is 1. The number of hydrogen-bond acceptors (Lipinski definition) is 5. The molecule has 1 unspecified atom stereocenters. The van der Waals surface area contributed by atoms with E-state index >= 15 is 4.39 Å². The van der Waals surface area contributed by atoms with Crippen LogP contribution in [-0.4, -0.2) is 48.7 Å². The van der Waals surface area contributed by atoms with Crippen LogP contribution in [0.5, 0.6) is 0 Å². The second kappa shape index (κ2) is 7.80. The van der Waals surface area contributed by atoms with Crippen molar-refractivity contribution in [3.05, 3.63) is 65.7 Å². The number of aryl methyl sites for hydroxylation is 2. The number of carboxylic acid groups (broad SMARTS) is 1. The molecule has 1 N–H and O–H groups in total. The lowest BCUT2D eigenvalue weighted by Gasteiger charge is -2.20. The molecule has 3 atom stereocenters. The molecule has 2 fully saturated rings. The number of fused-ring (bicyclic) bond motifs is 3. The van der Waals surface area contributed by atoms with Gasteiger partial charge in [0, 0.05) is 48.7 Å². The largest absolute Gasteiger partial charge is 0.481 e. The number of nitrogens with zero attached hydrogens (tertiary/aromatic N) is 6. The molecule has 0 bridgehead atoms. The molecule has 38 heavy (non-hydrogen) atoms. The van der Waals surface area contributed by atoms with Gasteiger partial charge in [-0.1, -0.05) is 0 Å². The molecule has 1 saturated carbocycles. The van der Waals surface area contributed by atoms with Crippen molar-refractivity contribution in [1.82, 2.24) is 24.5 Å². The van der Waals surface area contributed by atoms with E-state index in [1.807, 2.05) is 12.1 Å². The van der Waals surface area contributed by atoms with E-state index < -0.39 is 23.4 Å². The van der Waals surface area contributed by atoms with E-state index in [4.69, 9.17) is 0 Å².